The summed E-state index contributed by atoms with van der Waals surface area (Å²) in [6, 6.07) is 2.79. The highest BCUT2D eigenvalue weighted by atomic mass is 35.5. The van der Waals surface area contributed by atoms with Gasteiger partial charge in [0, 0.05) is 13.0 Å². The molecule has 0 aliphatic carbocycles. The SMILES string of the molecule is C=CC[Si](CC=C)(CCCl)OCCOC. The number of alkyl halides is 1. The molecule has 0 aromatic heterocycles. The zero-order valence-electron chi connectivity index (χ0n) is 9.51. The normalized spacial score (nSPS) is 11.3. The largest absolute Gasteiger partial charge is 0.414 e. The Morgan fingerprint density at radius 2 is 1.80 bits per heavy atom. The second kappa shape index (κ2) is 9.16. The number of allylic oxidation sites excluding steroid dienone is 2. The van der Waals surface area contributed by atoms with Gasteiger partial charge in [0.25, 0.3) is 0 Å². The molecule has 0 spiro atoms. The summed E-state index contributed by atoms with van der Waals surface area (Å²) in [6.07, 6.45) is 3.85. The molecule has 2 nitrogen and oxygen atoms in total. The van der Waals surface area contributed by atoms with Crippen LogP contribution in [-0.4, -0.2) is 34.5 Å². The van der Waals surface area contributed by atoms with Crippen molar-refractivity contribution in [2.45, 2.75) is 18.1 Å². The van der Waals surface area contributed by atoms with Crippen molar-refractivity contribution in [3.8, 4) is 0 Å². The highest BCUT2D eigenvalue weighted by molar-refractivity contribution is 6.75. The molecule has 0 radical (unpaired) electrons. The van der Waals surface area contributed by atoms with Gasteiger partial charge < -0.3 is 9.16 Å². The molecule has 88 valence electrons. The number of rotatable bonds is 10. The second-order valence-electron chi connectivity index (χ2n) is 3.45. The minimum Gasteiger partial charge on any atom is -0.414 e. The van der Waals surface area contributed by atoms with Crippen molar-refractivity contribution in [3.63, 3.8) is 0 Å². The third-order valence-corrected chi connectivity index (χ3v) is 6.83. The van der Waals surface area contributed by atoms with Crippen LogP contribution in [0.3, 0.4) is 0 Å². The lowest BCUT2D eigenvalue weighted by molar-refractivity contribution is 0.141. The van der Waals surface area contributed by atoms with Crippen LogP contribution in [0.15, 0.2) is 25.3 Å². The van der Waals surface area contributed by atoms with E-state index in [9.17, 15) is 0 Å². The maximum atomic E-state index is 5.98. The van der Waals surface area contributed by atoms with Crippen LogP contribution >= 0.6 is 11.6 Å². The van der Waals surface area contributed by atoms with E-state index in [1.807, 2.05) is 12.2 Å². The van der Waals surface area contributed by atoms with Crippen molar-refractivity contribution in [1.82, 2.24) is 0 Å². The van der Waals surface area contributed by atoms with E-state index in [-0.39, 0.29) is 0 Å². The minimum absolute atomic E-state index is 0.630. The summed E-state index contributed by atoms with van der Waals surface area (Å²) in [7, 11) is -0.105. The van der Waals surface area contributed by atoms with Crippen molar-refractivity contribution in [1.29, 1.82) is 0 Å². The lowest BCUT2D eigenvalue weighted by Crippen LogP contribution is -2.38. The number of methoxy groups -OCH3 is 1. The van der Waals surface area contributed by atoms with Crippen molar-refractivity contribution in [2.24, 2.45) is 0 Å². The van der Waals surface area contributed by atoms with Gasteiger partial charge in [0.1, 0.15) is 0 Å². The summed E-state index contributed by atoms with van der Waals surface area (Å²) >= 11 is 5.82. The maximum absolute atomic E-state index is 5.98. The third-order valence-electron chi connectivity index (χ3n) is 2.28. The molecule has 0 unspecified atom stereocenters. The van der Waals surface area contributed by atoms with Crippen LogP contribution in [0.5, 0.6) is 0 Å². The molecule has 0 atom stereocenters. The van der Waals surface area contributed by atoms with Crippen LogP contribution in [0.25, 0.3) is 0 Å². The van der Waals surface area contributed by atoms with Crippen LogP contribution in [0.1, 0.15) is 0 Å². The number of ether oxygens (including phenoxy) is 1. The van der Waals surface area contributed by atoms with E-state index in [0.717, 1.165) is 18.1 Å². The fraction of sp³-hybridized carbons (Fsp3) is 0.636. The van der Waals surface area contributed by atoms with E-state index in [0.29, 0.717) is 19.1 Å². The molecule has 0 N–H and O–H groups in total. The number of hydrogen-bond donors (Lipinski definition) is 0. The first-order valence-electron chi connectivity index (χ1n) is 5.15. The van der Waals surface area contributed by atoms with E-state index in [4.69, 9.17) is 20.8 Å². The molecule has 0 aliphatic rings. The van der Waals surface area contributed by atoms with Crippen molar-refractivity contribution in [3.05, 3.63) is 25.3 Å². The highest BCUT2D eigenvalue weighted by Crippen LogP contribution is 2.24. The maximum Gasteiger partial charge on any atom is 0.201 e. The van der Waals surface area contributed by atoms with Crippen LogP contribution < -0.4 is 0 Å². The molecule has 0 aromatic rings. The minimum atomic E-state index is -1.78. The monoisotopic (exact) mass is 248 g/mol. The van der Waals surface area contributed by atoms with Crippen LogP contribution in [0.4, 0.5) is 0 Å². The van der Waals surface area contributed by atoms with Gasteiger partial charge in [-0.2, -0.15) is 0 Å². The van der Waals surface area contributed by atoms with Crippen LogP contribution in [-0.2, 0) is 9.16 Å². The Bertz CT molecular complexity index is 175. The second-order valence-corrected chi connectivity index (χ2v) is 7.80. The van der Waals surface area contributed by atoms with Crippen molar-refractivity contribution in [2.75, 3.05) is 26.2 Å². The van der Waals surface area contributed by atoms with Gasteiger partial charge in [-0.1, -0.05) is 12.2 Å². The van der Waals surface area contributed by atoms with Gasteiger partial charge in [0.15, 0.2) is 0 Å². The Hall–Kier alpha value is -0.0931. The molecule has 0 aliphatic heterocycles. The predicted molar refractivity (Wildman–Crippen MR) is 69.1 cm³/mol. The van der Waals surface area contributed by atoms with E-state index in [1.54, 1.807) is 7.11 Å². The molecule has 0 heterocycles. The first kappa shape index (κ1) is 14.9. The molecule has 0 saturated heterocycles. The molecular weight excluding hydrogens is 228 g/mol. The fourth-order valence-corrected chi connectivity index (χ4v) is 5.42. The quantitative estimate of drug-likeness (QED) is 0.256. The lowest BCUT2D eigenvalue weighted by Gasteiger charge is -2.28. The van der Waals surface area contributed by atoms with Gasteiger partial charge in [-0.3, -0.25) is 0 Å². The lowest BCUT2D eigenvalue weighted by atomic mass is 10.7. The zero-order valence-corrected chi connectivity index (χ0v) is 11.3. The highest BCUT2D eigenvalue weighted by Gasteiger charge is 2.31. The third kappa shape index (κ3) is 6.15. The van der Waals surface area contributed by atoms with E-state index in [1.165, 1.54) is 0 Å². The Kier molecular flexibility index (Phi) is 9.10. The average molecular weight is 249 g/mol. The molecule has 0 fully saturated rings. The molecule has 0 amide bonds. The summed E-state index contributed by atoms with van der Waals surface area (Å²) in [5.74, 6) is 0.640. The first-order valence-corrected chi connectivity index (χ1v) is 8.21. The van der Waals surface area contributed by atoms with Gasteiger partial charge in [-0.05, 0) is 18.1 Å². The van der Waals surface area contributed by atoms with E-state index < -0.39 is 8.32 Å². The van der Waals surface area contributed by atoms with Gasteiger partial charge in [0.2, 0.25) is 8.32 Å². The molecule has 4 heteroatoms. The summed E-state index contributed by atoms with van der Waals surface area (Å²) < 4.78 is 11.0. The Balaban J connectivity index is 4.30. The summed E-state index contributed by atoms with van der Waals surface area (Å²) in [4.78, 5) is 0. The van der Waals surface area contributed by atoms with Crippen molar-refractivity contribution >= 4 is 19.9 Å². The summed E-state index contributed by atoms with van der Waals surface area (Å²) in [5, 5.41) is 0. The molecular formula is C11H21ClO2Si. The Morgan fingerprint density at radius 1 is 1.20 bits per heavy atom. The zero-order chi connectivity index (χ0) is 11.6. The van der Waals surface area contributed by atoms with E-state index in [2.05, 4.69) is 13.2 Å². The summed E-state index contributed by atoms with van der Waals surface area (Å²) in [5.41, 5.74) is 0. The van der Waals surface area contributed by atoms with Crippen LogP contribution in [0, 0.1) is 0 Å². The number of hydrogen-bond acceptors (Lipinski definition) is 2. The Labute approximate surface area is 99.0 Å². The average Bonchev–Trinajstić information content (AvgIpc) is 2.19. The predicted octanol–water partition coefficient (Wildman–Crippen LogP) is 3.21. The molecule has 0 rings (SSSR count). The molecule has 0 saturated carbocycles. The first-order chi connectivity index (χ1) is 7.24. The Morgan fingerprint density at radius 3 is 2.20 bits per heavy atom. The van der Waals surface area contributed by atoms with Crippen molar-refractivity contribution < 1.29 is 9.16 Å². The number of halogens is 1. The standard InChI is InChI=1S/C11H21ClO2Si/c1-4-9-15(10-5-2,11-6-12)14-8-7-13-3/h4-5H,1-2,6-11H2,3H3. The molecule has 15 heavy (non-hydrogen) atoms. The van der Waals surface area contributed by atoms with Gasteiger partial charge in [0.05, 0.1) is 13.2 Å². The van der Waals surface area contributed by atoms with E-state index >= 15 is 0 Å². The van der Waals surface area contributed by atoms with Crippen LogP contribution in [0.2, 0.25) is 18.1 Å². The fourth-order valence-electron chi connectivity index (χ4n) is 1.52. The molecule has 0 aromatic carbocycles. The van der Waals surface area contributed by atoms with Gasteiger partial charge in [-0.25, -0.2) is 0 Å². The smallest absolute Gasteiger partial charge is 0.201 e. The topological polar surface area (TPSA) is 18.5 Å². The summed E-state index contributed by atoms with van der Waals surface area (Å²) in [6.45, 7) is 8.84. The van der Waals surface area contributed by atoms with Gasteiger partial charge >= 0.3 is 0 Å². The van der Waals surface area contributed by atoms with Gasteiger partial charge in [-0.15, -0.1) is 24.8 Å². The molecule has 0 bridgehead atoms.